The molecule has 0 saturated carbocycles. The maximum Gasteiger partial charge on any atom is 0.233 e. The van der Waals surface area contributed by atoms with Gasteiger partial charge in [-0.2, -0.15) is 0 Å². The third-order valence-electron chi connectivity index (χ3n) is 3.98. The minimum Gasteiger partial charge on any atom is -0.508 e. The third kappa shape index (κ3) is 4.35. The van der Waals surface area contributed by atoms with Crippen LogP contribution in [0, 0.1) is 5.92 Å². The number of nitrogen functional groups attached to an aromatic ring is 1. The number of aldehydes is 1. The summed E-state index contributed by atoms with van der Waals surface area (Å²) >= 11 is 0. The molecule has 0 spiro atoms. The van der Waals surface area contributed by atoms with Gasteiger partial charge < -0.3 is 20.5 Å². The van der Waals surface area contributed by atoms with Crippen molar-refractivity contribution < 1.29 is 14.7 Å². The molecule has 5 heteroatoms. The number of phenols is 1. The Morgan fingerprint density at radius 2 is 1.88 bits per heavy atom. The van der Waals surface area contributed by atoms with E-state index in [1.807, 2.05) is 25.1 Å². The van der Waals surface area contributed by atoms with Crippen LogP contribution in [-0.2, 0) is 22.6 Å². The second-order valence-electron chi connectivity index (χ2n) is 5.66. The second kappa shape index (κ2) is 8.15. The van der Waals surface area contributed by atoms with Crippen LogP contribution in [0.25, 0.3) is 0 Å². The average molecular weight is 326 g/mol. The topological polar surface area (TPSA) is 83.6 Å². The summed E-state index contributed by atoms with van der Waals surface area (Å²) in [4.78, 5) is 25.8. The number of amides is 1. The van der Waals surface area contributed by atoms with E-state index in [0.29, 0.717) is 31.5 Å². The van der Waals surface area contributed by atoms with Crippen LogP contribution in [0.1, 0.15) is 18.1 Å². The molecule has 126 valence electrons. The molecular weight excluding hydrogens is 304 g/mol. The number of para-hydroxylation sites is 1. The van der Waals surface area contributed by atoms with Crippen LogP contribution >= 0.6 is 0 Å². The summed E-state index contributed by atoms with van der Waals surface area (Å²) in [5.41, 5.74) is 8.26. The lowest BCUT2D eigenvalue weighted by Crippen LogP contribution is -2.37. The predicted octanol–water partition coefficient (Wildman–Crippen LogP) is 2.38. The van der Waals surface area contributed by atoms with Crippen molar-refractivity contribution in [2.24, 2.45) is 5.92 Å². The summed E-state index contributed by atoms with van der Waals surface area (Å²) in [5.74, 6) is -0.814. The Morgan fingerprint density at radius 3 is 2.46 bits per heavy atom. The highest BCUT2D eigenvalue weighted by atomic mass is 16.3. The fourth-order valence-corrected chi connectivity index (χ4v) is 2.54. The summed E-state index contributed by atoms with van der Waals surface area (Å²) < 4.78 is 0. The van der Waals surface area contributed by atoms with E-state index in [9.17, 15) is 14.7 Å². The molecule has 2 aromatic rings. The Balaban J connectivity index is 2.11. The van der Waals surface area contributed by atoms with E-state index in [4.69, 9.17) is 5.73 Å². The fraction of sp³-hybridized carbons (Fsp3) is 0.263. The lowest BCUT2D eigenvalue weighted by molar-refractivity contribution is -0.138. The summed E-state index contributed by atoms with van der Waals surface area (Å²) in [6.07, 6.45) is 0.996. The molecule has 2 rings (SSSR count). The van der Waals surface area contributed by atoms with Crippen molar-refractivity contribution in [2.75, 3.05) is 12.3 Å². The molecule has 0 bridgehead atoms. The van der Waals surface area contributed by atoms with Gasteiger partial charge in [0.2, 0.25) is 5.91 Å². The van der Waals surface area contributed by atoms with Crippen molar-refractivity contribution >= 4 is 17.9 Å². The molecule has 0 radical (unpaired) electrons. The molecule has 0 saturated heterocycles. The van der Waals surface area contributed by atoms with Gasteiger partial charge in [-0.3, -0.25) is 4.79 Å². The van der Waals surface area contributed by atoms with Crippen LogP contribution in [0.15, 0.2) is 48.5 Å². The molecule has 1 amide bonds. The number of phenolic OH excluding ortho intramolecular Hbond substituents is 1. The number of carbonyl (C=O) groups is 2. The zero-order valence-corrected chi connectivity index (χ0v) is 13.7. The summed E-state index contributed by atoms with van der Waals surface area (Å²) in [5, 5.41) is 9.32. The van der Waals surface area contributed by atoms with E-state index in [2.05, 4.69) is 0 Å². The summed E-state index contributed by atoms with van der Waals surface area (Å²) in [6.45, 7) is 2.74. The first-order valence-electron chi connectivity index (χ1n) is 7.90. The molecule has 0 aliphatic carbocycles. The van der Waals surface area contributed by atoms with Gasteiger partial charge in [-0.25, -0.2) is 0 Å². The van der Waals surface area contributed by atoms with Crippen LogP contribution < -0.4 is 5.73 Å². The van der Waals surface area contributed by atoms with Crippen LogP contribution in [0.2, 0.25) is 0 Å². The van der Waals surface area contributed by atoms with Gasteiger partial charge in [0.05, 0.1) is 5.92 Å². The molecule has 5 nitrogen and oxygen atoms in total. The number of hydrogen-bond acceptors (Lipinski definition) is 4. The van der Waals surface area contributed by atoms with Crippen LogP contribution in [0.4, 0.5) is 5.69 Å². The van der Waals surface area contributed by atoms with E-state index in [0.717, 1.165) is 11.1 Å². The number of anilines is 1. The van der Waals surface area contributed by atoms with Gasteiger partial charge in [-0.1, -0.05) is 30.3 Å². The number of carbonyl (C=O) groups excluding carboxylic acids is 2. The van der Waals surface area contributed by atoms with E-state index in [-0.39, 0.29) is 11.7 Å². The molecule has 24 heavy (non-hydrogen) atoms. The number of aromatic hydroxyl groups is 1. The largest absolute Gasteiger partial charge is 0.508 e. The second-order valence-corrected chi connectivity index (χ2v) is 5.66. The van der Waals surface area contributed by atoms with Gasteiger partial charge in [0, 0.05) is 18.8 Å². The summed E-state index contributed by atoms with van der Waals surface area (Å²) in [7, 11) is 0. The van der Waals surface area contributed by atoms with Crippen LogP contribution in [0.3, 0.4) is 0 Å². The van der Waals surface area contributed by atoms with E-state index >= 15 is 0 Å². The third-order valence-corrected chi connectivity index (χ3v) is 3.98. The molecule has 1 unspecified atom stereocenters. The number of nitrogens with zero attached hydrogens (tertiary/aromatic N) is 1. The maximum atomic E-state index is 12.7. The van der Waals surface area contributed by atoms with Gasteiger partial charge in [-0.15, -0.1) is 0 Å². The zero-order chi connectivity index (χ0) is 17.5. The van der Waals surface area contributed by atoms with Gasteiger partial charge in [-0.05, 0) is 42.7 Å². The maximum absolute atomic E-state index is 12.7. The number of benzene rings is 2. The summed E-state index contributed by atoms with van der Waals surface area (Å²) in [6, 6.07) is 13.9. The van der Waals surface area contributed by atoms with Crippen molar-refractivity contribution in [3.8, 4) is 5.75 Å². The minimum absolute atomic E-state index is 0.155. The smallest absolute Gasteiger partial charge is 0.233 e. The first-order valence-corrected chi connectivity index (χ1v) is 7.90. The molecule has 0 aliphatic rings. The molecule has 3 N–H and O–H groups in total. The van der Waals surface area contributed by atoms with Crippen molar-refractivity contribution in [2.45, 2.75) is 19.9 Å². The standard InChI is InChI=1S/C19H22N2O3/c1-2-21(12-15-5-3-4-6-18(15)20)19(24)16(13-22)11-14-7-9-17(23)10-8-14/h3-10,13,16,23H,2,11-12,20H2,1H3. The van der Waals surface area contributed by atoms with Crippen LogP contribution in [-0.4, -0.2) is 28.7 Å². The van der Waals surface area contributed by atoms with E-state index in [1.54, 1.807) is 35.2 Å². The zero-order valence-electron chi connectivity index (χ0n) is 13.7. The Hall–Kier alpha value is -2.82. The number of nitrogens with two attached hydrogens (primary N) is 1. The SMILES string of the molecule is CCN(Cc1ccccc1N)C(=O)C(C=O)Cc1ccc(O)cc1. The van der Waals surface area contributed by atoms with Gasteiger partial charge in [0.25, 0.3) is 0 Å². The van der Waals surface area contributed by atoms with Crippen molar-refractivity contribution in [1.82, 2.24) is 4.90 Å². The lowest BCUT2D eigenvalue weighted by atomic mass is 9.98. The fourth-order valence-electron chi connectivity index (χ4n) is 2.54. The molecule has 0 aromatic heterocycles. The Kier molecular flexibility index (Phi) is 5.95. The van der Waals surface area contributed by atoms with Gasteiger partial charge in [0.15, 0.2) is 0 Å². The average Bonchev–Trinajstić information content (AvgIpc) is 2.60. The van der Waals surface area contributed by atoms with Crippen molar-refractivity contribution in [1.29, 1.82) is 0 Å². The number of hydrogen-bond donors (Lipinski definition) is 2. The minimum atomic E-state index is -0.751. The first-order chi connectivity index (χ1) is 11.5. The molecule has 0 aliphatic heterocycles. The van der Waals surface area contributed by atoms with Gasteiger partial charge >= 0.3 is 0 Å². The monoisotopic (exact) mass is 326 g/mol. The van der Waals surface area contributed by atoms with Crippen LogP contribution in [0.5, 0.6) is 5.75 Å². The number of rotatable bonds is 7. The Labute approximate surface area is 141 Å². The first kappa shape index (κ1) is 17.5. The molecular formula is C19H22N2O3. The lowest BCUT2D eigenvalue weighted by Gasteiger charge is -2.24. The van der Waals surface area contributed by atoms with E-state index in [1.165, 1.54) is 0 Å². The highest BCUT2D eigenvalue weighted by molar-refractivity contribution is 5.92. The van der Waals surface area contributed by atoms with Gasteiger partial charge in [0.1, 0.15) is 12.0 Å². The van der Waals surface area contributed by atoms with E-state index < -0.39 is 5.92 Å². The predicted molar refractivity (Wildman–Crippen MR) is 93.3 cm³/mol. The molecule has 2 aromatic carbocycles. The highest BCUT2D eigenvalue weighted by Gasteiger charge is 2.24. The molecule has 0 fully saturated rings. The molecule has 0 heterocycles. The highest BCUT2D eigenvalue weighted by Crippen LogP contribution is 2.18. The quantitative estimate of drug-likeness (QED) is 0.465. The van der Waals surface area contributed by atoms with Crippen molar-refractivity contribution in [3.63, 3.8) is 0 Å². The van der Waals surface area contributed by atoms with Crippen molar-refractivity contribution in [3.05, 3.63) is 59.7 Å². The Bertz CT molecular complexity index is 698. The Morgan fingerprint density at radius 1 is 1.21 bits per heavy atom. The molecule has 1 atom stereocenters. The normalized spacial score (nSPS) is 11.7.